The minimum atomic E-state index is -3.73. The quantitative estimate of drug-likeness (QED) is 0.561. The van der Waals surface area contributed by atoms with Crippen molar-refractivity contribution in [2.45, 2.75) is 18.7 Å². The maximum absolute atomic E-state index is 12.7. The normalized spacial score (nSPS) is 11.4. The lowest BCUT2D eigenvalue weighted by atomic mass is 10.2. The van der Waals surface area contributed by atoms with Gasteiger partial charge in [0.05, 0.1) is 16.1 Å². The summed E-state index contributed by atoms with van der Waals surface area (Å²) in [6.45, 7) is 4.10. The van der Waals surface area contributed by atoms with E-state index in [4.69, 9.17) is 0 Å². The van der Waals surface area contributed by atoms with Crippen LogP contribution in [0.2, 0.25) is 0 Å². The van der Waals surface area contributed by atoms with E-state index in [-0.39, 0.29) is 21.9 Å². The molecule has 0 unspecified atom stereocenters. The molecule has 0 aliphatic heterocycles. The molecule has 0 saturated heterocycles. The molecule has 156 valence electrons. The van der Waals surface area contributed by atoms with Crippen LogP contribution in [0.5, 0.6) is 5.75 Å². The standard InChI is InChI=1S/C21H22N4O4S/c1-3-25(4-2)30(28,29)17-10-11-19(26)18(12-17)24-21(27)16-13-22-20(23-14-16)15-8-6-5-7-9-15/h5-14,26H,3-4H2,1-2H3,(H,24,27). The average Bonchev–Trinajstić information content (AvgIpc) is 2.76. The van der Waals surface area contributed by atoms with Gasteiger partial charge in [-0.3, -0.25) is 4.79 Å². The molecular formula is C21H22N4O4S. The maximum atomic E-state index is 12.7. The first-order valence-corrected chi connectivity index (χ1v) is 10.8. The Morgan fingerprint density at radius 2 is 1.67 bits per heavy atom. The Hall–Kier alpha value is -3.30. The third kappa shape index (κ3) is 4.47. The Labute approximate surface area is 175 Å². The van der Waals surface area contributed by atoms with Crippen LogP contribution in [0.3, 0.4) is 0 Å². The smallest absolute Gasteiger partial charge is 0.258 e. The third-order valence-corrected chi connectivity index (χ3v) is 6.55. The van der Waals surface area contributed by atoms with E-state index in [1.165, 1.54) is 34.9 Å². The van der Waals surface area contributed by atoms with E-state index in [0.717, 1.165) is 5.56 Å². The van der Waals surface area contributed by atoms with Gasteiger partial charge in [-0.1, -0.05) is 44.2 Å². The summed E-state index contributed by atoms with van der Waals surface area (Å²) in [5, 5.41) is 12.6. The summed E-state index contributed by atoms with van der Waals surface area (Å²) >= 11 is 0. The highest BCUT2D eigenvalue weighted by atomic mass is 32.2. The van der Waals surface area contributed by atoms with Gasteiger partial charge in [0, 0.05) is 31.0 Å². The van der Waals surface area contributed by atoms with Gasteiger partial charge in [0.15, 0.2) is 5.82 Å². The molecule has 0 bridgehead atoms. The third-order valence-electron chi connectivity index (χ3n) is 4.51. The molecule has 0 aliphatic rings. The van der Waals surface area contributed by atoms with Crippen molar-refractivity contribution >= 4 is 21.6 Å². The number of nitrogens with one attached hydrogen (secondary N) is 1. The number of amides is 1. The van der Waals surface area contributed by atoms with Crippen LogP contribution in [0.1, 0.15) is 24.2 Å². The summed E-state index contributed by atoms with van der Waals surface area (Å²) in [6, 6.07) is 13.1. The first-order chi connectivity index (χ1) is 14.4. The molecule has 2 aromatic carbocycles. The maximum Gasteiger partial charge on any atom is 0.258 e. The van der Waals surface area contributed by atoms with E-state index in [1.54, 1.807) is 13.8 Å². The number of nitrogens with zero attached hydrogens (tertiary/aromatic N) is 3. The van der Waals surface area contributed by atoms with E-state index in [9.17, 15) is 18.3 Å². The summed E-state index contributed by atoms with van der Waals surface area (Å²) in [6.07, 6.45) is 2.75. The molecule has 0 aliphatic carbocycles. The molecule has 1 aromatic heterocycles. The molecule has 1 amide bonds. The lowest BCUT2D eigenvalue weighted by molar-refractivity contribution is 0.102. The minimum absolute atomic E-state index is 0.0135. The average molecular weight is 426 g/mol. The predicted octanol–water partition coefficient (Wildman–Crippen LogP) is 3.13. The van der Waals surface area contributed by atoms with Gasteiger partial charge in [0.1, 0.15) is 5.75 Å². The second-order valence-electron chi connectivity index (χ2n) is 6.38. The number of sulfonamides is 1. The van der Waals surface area contributed by atoms with Crippen LogP contribution < -0.4 is 5.32 Å². The molecule has 0 spiro atoms. The molecule has 0 atom stereocenters. The van der Waals surface area contributed by atoms with E-state index in [1.807, 2.05) is 30.3 Å². The van der Waals surface area contributed by atoms with Crippen LogP contribution in [0.15, 0.2) is 65.8 Å². The SMILES string of the molecule is CCN(CC)S(=O)(=O)c1ccc(O)c(NC(=O)c2cnc(-c3ccccc3)nc2)c1. The number of rotatable bonds is 7. The Morgan fingerprint density at radius 1 is 1.03 bits per heavy atom. The highest BCUT2D eigenvalue weighted by Gasteiger charge is 2.23. The first kappa shape index (κ1) is 21.4. The summed E-state index contributed by atoms with van der Waals surface area (Å²) < 4.78 is 26.7. The van der Waals surface area contributed by atoms with Gasteiger partial charge in [-0.25, -0.2) is 18.4 Å². The van der Waals surface area contributed by atoms with Gasteiger partial charge in [-0.2, -0.15) is 4.31 Å². The monoisotopic (exact) mass is 426 g/mol. The Bertz CT molecular complexity index is 1130. The van der Waals surface area contributed by atoms with Crippen LogP contribution in [-0.2, 0) is 10.0 Å². The molecule has 8 nitrogen and oxygen atoms in total. The topological polar surface area (TPSA) is 112 Å². The number of aromatic nitrogens is 2. The molecule has 0 fully saturated rings. The minimum Gasteiger partial charge on any atom is -0.506 e. The van der Waals surface area contributed by atoms with Gasteiger partial charge >= 0.3 is 0 Å². The second-order valence-corrected chi connectivity index (χ2v) is 8.32. The van der Waals surface area contributed by atoms with Crippen molar-refractivity contribution in [2.24, 2.45) is 0 Å². The van der Waals surface area contributed by atoms with Crippen molar-refractivity contribution in [1.29, 1.82) is 0 Å². The van der Waals surface area contributed by atoms with Crippen LogP contribution in [0, 0.1) is 0 Å². The number of carbonyl (C=O) groups is 1. The number of anilines is 1. The van der Waals surface area contributed by atoms with Crippen molar-refractivity contribution < 1.29 is 18.3 Å². The van der Waals surface area contributed by atoms with Gasteiger partial charge in [0.25, 0.3) is 5.91 Å². The first-order valence-electron chi connectivity index (χ1n) is 9.38. The van der Waals surface area contributed by atoms with Crippen LogP contribution in [0.4, 0.5) is 5.69 Å². The molecule has 9 heteroatoms. The largest absolute Gasteiger partial charge is 0.506 e. The lowest BCUT2D eigenvalue weighted by Gasteiger charge is -2.19. The van der Waals surface area contributed by atoms with Gasteiger partial charge in [-0.15, -0.1) is 0 Å². The van der Waals surface area contributed by atoms with Gasteiger partial charge in [0.2, 0.25) is 10.0 Å². The van der Waals surface area contributed by atoms with Gasteiger partial charge in [-0.05, 0) is 18.2 Å². The van der Waals surface area contributed by atoms with Crippen molar-refractivity contribution in [3.05, 3.63) is 66.5 Å². The summed E-state index contributed by atoms with van der Waals surface area (Å²) in [7, 11) is -3.73. The van der Waals surface area contributed by atoms with E-state index in [0.29, 0.717) is 18.9 Å². The lowest BCUT2D eigenvalue weighted by Crippen LogP contribution is -2.30. The molecule has 2 N–H and O–H groups in total. The molecular weight excluding hydrogens is 404 g/mol. The van der Waals surface area contributed by atoms with E-state index in [2.05, 4.69) is 15.3 Å². The number of hydrogen-bond acceptors (Lipinski definition) is 6. The Kier molecular flexibility index (Phi) is 6.43. The highest BCUT2D eigenvalue weighted by Crippen LogP contribution is 2.28. The van der Waals surface area contributed by atoms with Crippen molar-refractivity contribution in [2.75, 3.05) is 18.4 Å². The molecule has 1 heterocycles. The fourth-order valence-electron chi connectivity index (χ4n) is 2.86. The molecule has 0 saturated carbocycles. The zero-order chi connectivity index (χ0) is 21.7. The zero-order valence-electron chi connectivity index (χ0n) is 16.6. The van der Waals surface area contributed by atoms with Gasteiger partial charge < -0.3 is 10.4 Å². The van der Waals surface area contributed by atoms with E-state index < -0.39 is 15.9 Å². The zero-order valence-corrected chi connectivity index (χ0v) is 17.4. The molecule has 0 radical (unpaired) electrons. The molecule has 30 heavy (non-hydrogen) atoms. The number of aromatic hydroxyl groups is 1. The van der Waals surface area contributed by atoms with Crippen LogP contribution in [0.25, 0.3) is 11.4 Å². The molecule has 3 rings (SSSR count). The highest BCUT2D eigenvalue weighted by molar-refractivity contribution is 7.89. The number of benzene rings is 2. The number of phenols is 1. The van der Waals surface area contributed by atoms with Crippen LogP contribution in [-0.4, -0.2) is 46.8 Å². The number of phenolic OH excluding ortho intramolecular Hbond substituents is 1. The molecule has 3 aromatic rings. The fourth-order valence-corrected chi connectivity index (χ4v) is 4.35. The summed E-state index contributed by atoms with van der Waals surface area (Å²) in [5.74, 6) is -0.340. The predicted molar refractivity (Wildman–Crippen MR) is 114 cm³/mol. The van der Waals surface area contributed by atoms with Crippen molar-refractivity contribution in [1.82, 2.24) is 14.3 Å². The second kappa shape index (κ2) is 9.02. The Balaban J connectivity index is 1.83. The summed E-state index contributed by atoms with van der Waals surface area (Å²) in [4.78, 5) is 20.9. The van der Waals surface area contributed by atoms with E-state index >= 15 is 0 Å². The summed E-state index contributed by atoms with van der Waals surface area (Å²) in [5.41, 5.74) is 0.975. The van der Waals surface area contributed by atoms with Crippen LogP contribution >= 0.6 is 0 Å². The van der Waals surface area contributed by atoms with Crippen molar-refractivity contribution in [3.63, 3.8) is 0 Å². The Morgan fingerprint density at radius 3 is 2.27 bits per heavy atom. The van der Waals surface area contributed by atoms with Crippen molar-refractivity contribution in [3.8, 4) is 17.1 Å². The number of hydrogen-bond donors (Lipinski definition) is 2. The number of carbonyl (C=O) groups excluding carboxylic acids is 1. The fraction of sp³-hybridized carbons (Fsp3) is 0.190.